The number of carbonyl (C=O) groups excluding carboxylic acids is 1. The second-order valence-electron chi connectivity index (χ2n) is 8.96. The number of carbonyl (C=O) groups is 1. The van der Waals surface area contributed by atoms with Crippen molar-refractivity contribution >= 4 is 17.7 Å². The number of hydrogen-bond donors (Lipinski definition) is 2. The van der Waals surface area contributed by atoms with Crippen LogP contribution in [-0.4, -0.2) is 45.3 Å². The van der Waals surface area contributed by atoms with Gasteiger partial charge in [-0.25, -0.2) is 19.3 Å². The Hall–Kier alpha value is -3.60. The van der Waals surface area contributed by atoms with Crippen molar-refractivity contribution in [2.24, 2.45) is 5.41 Å². The first-order valence-electron chi connectivity index (χ1n) is 11.7. The average Bonchev–Trinajstić information content (AvgIpc) is 3.38. The monoisotopic (exact) mass is 519 g/mol. The fourth-order valence-electron chi connectivity index (χ4n) is 3.97. The standard InChI is InChI=1S/C27H26FN5O3S/c1-27(25(34)30-14-17-6-4-3-5-7-17)15-35-24(36-16-27)23-32-21(18-8-10-19(28)11-9-18)22(33-23)20-12-13-29-26(31-20)37-2/h3-13,24H,14-16H2,1-2H3,(H,30,34)(H,32,33). The molecule has 2 aromatic heterocycles. The third-order valence-electron chi connectivity index (χ3n) is 6.09. The molecule has 8 nitrogen and oxygen atoms in total. The lowest BCUT2D eigenvalue weighted by molar-refractivity contribution is -0.231. The number of aromatic nitrogens is 4. The molecule has 1 aliphatic heterocycles. The van der Waals surface area contributed by atoms with Crippen LogP contribution in [0.15, 0.2) is 72.0 Å². The zero-order valence-electron chi connectivity index (χ0n) is 20.4. The Kier molecular flexibility index (Phi) is 7.31. The minimum absolute atomic E-state index is 0.146. The lowest BCUT2D eigenvalue weighted by atomic mass is 9.91. The van der Waals surface area contributed by atoms with Crippen LogP contribution in [-0.2, 0) is 20.8 Å². The molecule has 0 saturated carbocycles. The van der Waals surface area contributed by atoms with Gasteiger partial charge < -0.3 is 19.8 Å². The van der Waals surface area contributed by atoms with Crippen LogP contribution >= 0.6 is 11.8 Å². The van der Waals surface area contributed by atoms with Gasteiger partial charge >= 0.3 is 0 Å². The van der Waals surface area contributed by atoms with E-state index in [9.17, 15) is 9.18 Å². The van der Waals surface area contributed by atoms with E-state index in [1.54, 1.807) is 24.4 Å². The van der Waals surface area contributed by atoms with Crippen molar-refractivity contribution in [3.63, 3.8) is 0 Å². The number of hydrogen-bond acceptors (Lipinski definition) is 7. The molecule has 190 valence electrons. The number of H-pyrrole nitrogens is 1. The maximum atomic E-state index is 13.6. The van der Waals surface area contributed by atoms with Crippen LogP contribution in [0.2, 0.25) is 0 Å². The Morgan fingerprint density at radius 1 is 1.11 bits per heavy atom. The highest BCUT2D eigenvalue weighted by Gasteiger charge is 2.40. The van der Waals surface area contributed by atoms with Crippen LogP contribution in [0.25, 0.3) is 22.6 Å². The van der Waals surface area contributed by atoms with Crippen LogP contribution in [0.3, 0.4) is 0 Å². The molecule has 10 heteroatoms. The van der Waals surface area contributed by atoms with Gasteiger partial charge in [-0.2, -0.15) is 0 Å². The normalized spacial score (nSPS) is 19.5. The number of ether oxygens (including phenoxy) is 2. The molecular weight excluding hydrogens is 493 g/mol. The molecule has 2 N–H and O–H groups in total. The highest BCUT2D eigenvalue weighted by atomic mass is 32.2. The summed E-state index contributed by atoms with van der Waals surface area (Å²) in [6, 6.07) is 17.6. The molecule has 1 saturated heterocycles. The van der Waals surface area contributed by atoms with E-state index in [-0.39, 0.29) is 24.9 Å². The molecule has 1 aliphatic rings. The number of imidazole rings is 1. The number of rotatable bonds is 7. The first kappa shape index (κ1) is 25.1. The van der Waals surface area contributed by atoms with E-state index in [0.29, 0.717) is 40.2 Å². The van der Waals surface area contributed by atoms with Crippen LogP contribution < -0.4 is 5.32 Å². The van der Waals surface area contributed by atoms with E-state index in [0.717, 1.165) is 5.56 Å². The van der Waals surface area contributed by atoms with Crippen molar-refractivity contribution in [3.05, 3.63) is 84.1 Å². The number of nitrogens with one attached hydrogen (secondary N) is 2. The zero-order chi connectivity index (χ0) is 25.8. The number of halogens is 1. The molecular formula is C27H26FN5O3S. The summed E-state index contributed by atoms with van der Waals surface area (Å²) in [4.78, 5) is 29.8. The third-order valence-corrected chi connectivity index (χ3v) is 6.65. The van der Waals surface area contributed by atoms with Crippen molar-refractivity contribution in [2.75, 3.05) is 19.5 Å². The lowest BCUT2D eigenvalue weighted by Crippen LogP contribution is -2.48. The second kappa shape index (κ2) is 10.8. The maximum Gasteiger partial charge on any atom is 0.230 e. The van der Waals surface area contributed by atoms with Gasteiger partial charge in [-0.3, -0.25) is 4.79 Å². The van der Waals surface area contributed by atoms with Crippen molar-refractivity contribution in [1.82, 2.24) is 25.3 Å². The topological polar surface area (TPSA) is 102 Å². The summed E-state index contributed by atoms with van der Waals surface area (Å²) in [7, 11) is 0. The van der Waals surface area contributed by atoms with Crippen LogP contribution in [0.5, 0.6) is 0 Å². The molecule has 1 fully saturated rings. The lowest BCUT2D eigenvalue weighted by Gasteiger charge is -2.35. The van der Waals surface area contributed by atoms with Gasteiger partial charge in [0.2, 0.25) is 12.2 Å². The molecule has 0 spiro atoms. The minimum atomic E-state index is -0.847. The number of benzene rings is 2. The average molecular weight is 520 g/mol. The van der Waals surface area contributed by atoms with Crippen molar-refractivity contribution in [2.45, 2.75) is 24.9 Å². The van der Waals surface area contributed by atoms with Crippen molar-refractivity contribution < 1.29 is 18.7 Å². The van der Waals surface area contributed by atoms with Gasteiger partial charge in [0.05, 0.1) is 35.7 Å². The fraction of sp³-hybridized carbons (Fsp3) is 0.259. The van der Waals surface area contributed by atoms with E-state index in [2.05, 4.69) is 20.3 Å². The summed E-state index contributed by atoms with van der Waals surface area (Å²) in [5, 5.41) is 3.58. The first-order valence-corrected chi connectivity index (χ1v) is 13.0. The predicted octanol–water partition coefficient (Wildman–Crippen LogP) is 4.76. The molecule has 0 unspecified atom stereocenters. The minimum Gasteiger partial charge on any atom is -0.351 e. The predicted molar refractivity (Wildman–Crippen MR) is 138 cm³/mol. The highest BCUT2D eigenvalue weighted by Crippen LogP contribution is 2.35. The Bertz CT molecular complexity index is 1370. The first-order chi connectivity index (χ1) is 17.9. The van der Waals surface area contributed by atoms with E-state index in [4.69, 9.17) is 14.5 Å². The quantitative estimate of drug-likeness (QED) is 0.268. The van der Waals surface area contributed by atoms with Crippen molar-refractivity contribution in [1.29, 1.82) is 0 Å². The van der Waals surface area contributed by atoms with Gasteiger partial charge in [0, 0.05) is 18.3 Å². The summed E-state index contributed by atoms with van der Waals surface area (Å²) in [6.07, 6.45) is 2.77. The molecule has 37 heavy (non-hydrogen) atoms. The van der Waals surface area contributed by atoms with Crippen molar-refractivity contribution in [3.8, 4) is 22.6 Å². The number of amides is 1. The molecule has 5 rings (SSSR count). The van der Waals surface area contributed by atoms with E-state index in [1.165, 1.54) is 23.9 Å². The maximum absolute atomic E-state index is 13.6. The van der Waals surface area contributed by atoms with Gasteiger partial charge in [0.25, 0.3) is 0 Å². The fourth-order valence-corrected chi connectivity index (χ4v) is 4.33. The summed E-state index contributed by atoms with van der Waals surface area (Å²) < 4.78 is 25.6. The molecule has 0 aliphatic carbocycles. The van der Waals surface area contributed by atoms with Gasteiger partial charge in [-0.1, -0.05) is 42.1 Å². The summed E-state index contributed by atoms with van der Waals surface area (Å²) >= 11 is 1.43. The second-order valence-corrected chi connectivity index (χ2v) is 9.74. The van der Waals surface area contributed by atoms with Gasteiger partial charge in [-0.05, 0) is 49.1 Å². The highest BCUT2D eigenvalue weighted by molar-refractivity contribution is 7.98. The van der Waals surface area contributed by atoms with E-state index >= 15 is 0 Å². The Labute approximate surface area is 218 Å². The van der Waals surface area contributed by atoms with Gasteiger partial charge in [-0.15, -0.1) is 0 Å². The summed E-state index contributed by atoms with van der Waals surface area (Å²) in [5.74, 6) is -0.0468. The molecule has 4 aromatic rings. The zero-order valence-corrected chi connectivity index (χ0v) is 21.2. The van der Waals surface area contributed by atoms with Gasteiger partial charge in [0.1, 0.15) is 5.82 Å². The SMILES string of the molecule is CSc1nccc(-c2[nH]c(C3OCC(C)(C(=O)NCc4ccccc4)CO3)nc2-c2ccc(F)cc2)n1. The number of thioether (sulfide) groups is 1. The molecule has 2 aromatic carbocycles. The Morgan fingerprint density at radius 2 is 1.84 bits per heavy atom. The van der Waals surface area contributed by atoms with Crippen LogP contribution in [0, 0.1) is 11.2 Å². The Balaban J connectivity index is 1.35. The third kappa shape index (κ3) is 5.56. The molecule has 0 atom stereocenters. The van der Waals surface area contributed by atoms with Crippen LogP contribution in [0.1, 0.15) is 24.6 Å². The van der Waals surface area contributed by atoms with E-state index in [1.807, 2.05) is 43.5 Å². The molecule has 3 heterocycles. The smallest absolute Gasteiger partial charge is 0.230 e. The Morgan fingerprint density at radius 3 is 2.54 bits per heavy atom. The van der Waals surface area contributed by atoms with E-state index < -0.39 is 11.7 Å². The number of aromatic amines is 1. The molecule has 0 radical (unpaired) electrons. The summed E-state index contributed by atoms with van der Waals surface area (Å²) in [5.41, 5.74) is 2.74. The molecule has 0 bridgehead atoms. The number of nitrogens with zero attached hydrogens (tertiary/aromatic N) is 3. The largest absolute Gasteiger partial charge is 0.351 e. The molecule has 1 amide bonds. The van der Waals surface area contributed by atoms with Gasteiger partial charge in [0.15, 0.2) is 11.0 Å². The summed E-state index contributed by atoms with van der Waals surface area (Å²) in [6.45, 7) is 2.55. The van der Waals surface area contributed by atoms with Crippen LogP contribution in [0.4, 0.5) is 4.39 Å².